The molecule has 1 fully saturated rings. The van der Waals surface area contributed by atoms with E-state index < -0.39 is 24.4 Å². The van der Waals surface area contributed by atoms with E-state index in [1.54, 1.807) is 23.5 Å². The summed E-state index contributed by atoms with van der Waals surface area (Å²) in [5.74, 6) is -0.247. The molecule has 30 heavy (non-hydrogen) atoms. The minimum Gasteiger partial charge on any atom is -0.394 e. The van der Waals surface area contributed by atoms with Crippen LogP contribution in [0.15, 0.2) is 54.6 Å². The number of aliphatic hydroxyl groups excluding tert-OH is 3. The summed E-state index contributed by atoms with van der Waals surface area (Å²) in [5, 5.41) is 30.0. The van der Waals surface area contributed by atoms with E-state index in [1.807, 2.05) is 31.2 Å². The number of benzene rings is 2. The first-order valence-corrected chi connectivity index (χ1v) is 10.8. The van der Waals surface area contributed by atoms with Gasteiger partial charge < -0.3 is 20.1 Å². The van der Waals surface area contributed by atoms with Crippen molar-refractivity contribution in [2.75, 3.05) is 6.61 Å². The van der Waals surface area contributed by atoms with Gasteiger partial charge in [0.2, 0.25) is 0 Å². The Kier molecular flexibility index (Phi) is 6.32. The van der Waals surface area contributed by atoms with Crippen LogP contribution >= 0.6 is 11.3 Å². The van der Waals surface area contributed by atoms with Crippen LogP contribution in [0.1, 0.15) is 34.1 Å². The summed E-state index contributed by atoms with van der Waals surface area (Å²) < 4.78 is 19.0. The number of aryl methyl sites for hydroxylation is 1. The Labute approximate surface area is 179 Å². The first kappa shape index (κ1) is 21.2. The molecule has 1 aliphatic rings. The quantitative estimate of drug-likeness (QED) is 0.575. The second-order valence-electron chi connectivity index (χ2n) is 7.79. The zero-order valence-electron chi connectivity index (χ0n) is 16.7. The van der Waals surface area contributed by atoms with Crippen molar-refractivity contribution in [3.05, 3.63) is 82.0 Å². The number of ether oxygens (including phenoxy) is 1. The van der Waals surface area contributed by atoms with Gasteiger partial charge in [0.25, 0.3) is 0 Å². The molecular weight excluding hydrogens is 403 g/mol. The summed E-state index contributed by atoms with van der Waals surface area (Å²) in [6, 6.07) is 16.5. The minimum absolute atomic E-state index is 0.194. The monoisotopic (exact) mass is 428 g/mol. The summed E-state index contributed by atoms with van der Waals surface area (Å²) >= 11 is 1.67. The highest BCUT2D eigenvalue weighted by Crippen LogP contribution is 2.34. The molecule has 0 radical (unpaired) electrons. The van der Waals surface area contributed by atoms with Gasteiger partial charge in [-0.2, -0.15) is 0 Å². The molecular formula is C24H25FO4S. The molecule has 0 aliphatic carbocycles. The van der Waals surface area contributed by atoms with Crippen LogP contribution in [-0.4, -0.2) is 40.2 Å². The highest BCUT2D eigenvalue weighted by atomic mass is 32.1. The molecule has 2 heterocycles. The van der Waals surface area contributed by atoms with Gasteiger partial charge in [-0.25, -0.2) is 4.39 Å². The lowest BCUT2D eigenvalue weighted by atomic mass is 9.91. The summed E-state index contributed by atoms with van der Waals surface area (Å²) in [4.78, 5) is 2.26. The molecule has 3 N–H and O–H groups in total. The third-order valence-electron chi connectivity index (χ3n) is 5.61. The van der Waals surface area contributed by atoms with Crippen molar-refractivity contribution in [2.24, 2.45) is 0 Å². The highest BCUT2D eigenvalue weighted by molar-refractivity contribution is 7.15. The third kappa shape index (κ3) is 4.48. The van der Waals surface area contributed by atoms with Crippen LogP contribution in [0.3, 0.4) is 0 Å². The van der Waals surface area contributed by atoms with E-state index in [4.69, 9.17) is 4.74 Å². The molecule has 1 aliphatic heterocycles. The molecule has 4 nitrogen and oxygen atoms in total. The van der Waals surface area contributed by atoms with Crippen LogP contribution in [-0.2, 0) is 11.2 Å². The first-order chi connectivity index (χ1) is 14.4. The van der Waals surface area contributed by atoms with Crippen molar-refractivity contribution in [3.8, 4) is 10.4 Å². The lowest BCUT2D eigenvalue weighted by Crippen LogP contribution is -2.44. The predicted molar refractivity (Wildman–Crippen MR) is 115 cm³/mol. The summed E-state index contributed by atoms with van der Waals surface area (Å²) in [6.45, 7) is 1.84. The minimum atomic E-state index is -1.03. The van der Waals surface area contributed by atoms with Gasteiger partial charge in [0, 0.05) is 22.6 Å². The Balaban J connectivity index is 1.56. The molecule has 3 aromatic rings. The normalized spacial score (nSPS) is 24.2. The number of aliphatic hydroxyl groups is 3. The van der Waals surface area contributed by atoms with Crippen molar-refractivity contribution < 1.29 is 24.4 Å². The standard InChI is InChI=1S/C24H25FO4S/c1-14-2-3-16(24-23(28)21(27)12-19(13-26)29-24)10-17(14)11-20-8-9-22(30-20)15-4-6-18(25)7-5-15/h2-10,19,21,23-24,26-28H,11-13H2,1H3/t19-,21-,23+,24-/m0/s1. The van der Waals surface area contributed by atoms with Crippen LogP contribution in [0.25, 0.3) is 10.4 Å². The smallest absolute Gasteiger partial charge is 0.123 e. The van der Waals surface area contributed by atoms with Gasteiger partial charge in [0.15, 0.2) is 0 Å². The van der Waals surface area contributed by atoms with E-state index >= 15 is 0 Å². The Hall–Kier alpha value is -2.09. The SMILES string of the molecule is Cc1ccc([C@@H]2O[C@H](CO)C[C@H](O)[C@H]2O)cc1Cc1ccc(-c2ccc(F)cc2)s1. The highest BCUT2D eigenvalue weighted by Gasteiger charge is 2.37. The number of rotatable bonds is 5. The third-order valence-corrected chi connectivity index (χ3v) is 6.74. The fraction of sp³-hybridized carbons (Fsp3) is 0.333. The molecule has 0 amide bonds. The van der Waals surface area contributed by atoms with Gasteiger partial charge >= 0.3 is 0 Å². The van der Waals surface area contributed by atoms with Crippen molar-refractivity contribution >= 4 is 11.3 Å². The number of halogens is 1. The summed E-state index contributed by atoms with van der Waals surface area (Å²) in [6.07, 6.45) is -2.19. The second kappa shape index (κ2) is 8.96. The summed E-state index contributed by atoms with van der Waals surface area (Å²) in [7, 11) is 0. The summed E-state index contributed by atoms with van der Waals surface area (Å²) in [5.41, 5.74) is 4.01. The van der Waals surface area contributed by atoms with E-state index in [9.17, 15) is 19.7 Å². The van der Waals surface area contributed by atoms with Crippen molar-refractivity contribution in [2.45, 2.75) is 44.2 Å². The molecule has 1 aromatic heterocycles. The van der Waals surface area contributed by atoms with Crippen LogP contribution in [0.4, 0.5) is 4.39 Å². The average molecular weight is 429 g/mol. The topological polar surface area (TPSA) is 69.9 Å². The lowest BCUT2D eigenvalue weighted by Gasteiger charge is -2.37. The zero-order valence-corrected chi connectivity index (χ0v) is 17.5. The molecule has 0 bridgehead atoms. The van der Waals surface area contributed by atoms with E-state index in [0.717, 1.165) is 33.6 Å². The molecule has 2 aromatic carbocycles. The van der Waals surface area contributed by atoms with Crippen molar-refractivity contribution in [1.82, 2.24) is 0 Å². The van der Waals surface area contributed by atoms with Gasteiger partial charge in [-0.3, -0.25) is 0 Å². The van der Waals surface area contributed by atoms with Crippen LogP contribution < -0.4 is 0 Å². The Bertz CT molecular complexity index is 1000. The molecule has 4 rings (SSSR count). The Morgan fingerprint density at radius 2 is 1.83 bits per heavy atom. The fourth-order valence-electron chi connectivity index (χ4n) is 3.84. The lowest BCUT2D eigenvalue weighted by molar-refractivity contribution is -0.179. The van der Waals surface area contributed by atoms with Crippen molar-refractivity contribution in [3.63, 3.8) is 0 Å². The Morgan fingerprint density at radius 1 is 1.07 bits per heavy atom. The number of hydrogen-bond acceptors (Lipinski definition) is 5. The molecule has 6 heteroatoms. The first-order valence-electron chi connectivity index (χ1n) is 10.0. The maximum atomic E-state index is 13.2. The predicted octanol–water partition coefficient (Wildman–Crippen LogP) is 4.00. The zero-order chi connectivity index (χ0) is 21.3. The average Bonchev–Trinajstić information content (AvgIpc) is 3.20. The molecule has 0 unspecified atom stereocenters. The molecule has 158 valence electrons. The molecule has 0 spiro atoms. The van der Waals surface area contributed by atoms with Crippen LogP contribution in [0, 0.1) is 12.7 Å². The van der Waals surface area contributed by atoms with Gasteiger partial charge in [0.1, 0.15) is 18.0 Å². The Morgan fingerprint density at radius 3 is 2.57 bits per heavy atom. The second-order valence-corrected chi connectivity index (χ2v) is 8.96. The van der Waals surface area contributed by atoms with Crippen molar-refractivity contribution in [1.29, 1.82) is 0 Å². The maximum Gasteiger partial charge on any atom is 0.123 e. The fourth-order valence-corrected chi connectivity index (χ4v) is 4.87. The molecule has 4 atom stereocenters. The van der Waals surface area contributed by atoms with E-state index in [1.165, 1.54) is 17.0 Å². The van der Waals surface area contributed by atoms with Crippen LogP contribution in [0.5, 0.6) is 0 Å². The van der Waals surface area contributed by atoms with E-state index in [0.29, 0.717) is 0 Å². The van der Waals surface area contributed by atoms with Gasteiger partial charge in [-0.15, -0.1) is 11.3 Å². The van der Waals surface area contributed by atoms with E-state index in [2.05, 4.69) is 6.07 Å². The molecule has 0 saturated carbocycles. The largest absolute Gasteiger partial charge is 0.394 e. The molecule has 1 saturated heterocycles. The maximum absolute atomic E-state index is 13.2. The number of thiophene rings is 1. The van der Waals surface area contributed by atoms with E-state index in [-0.39, 0.29) is 18.8 Å². The number of hydrogen-bond donors (Lipinski definition) is 3. The van der Waals surface area contributed by atoms with Gasteiger partial charge in [0.05, 0.1) is 18.8 Å². The van der Waals surface area contributed by atoms with Crippen LogP contribution in [0.2, 0.25) is 0 Å². The van der Waals surface area contributed by atoms with Gasteiger partial charge in [-0.05, 0) is 53.4 Å². The van der Waals surface area contributed by atoms with Gasteiger partial charge in [-0.1, -0.05) is 30.3 Å².